The Hall–Kier alpha value is -1.01. The summed E-state index contributed by atoms with van der Waals surface area (Å²) in [4.78, 5) is 7.19. The second kappa shape index (κ2) is 8.12. The Labute approximate surface area is 150 Å². The summed E-state index contributed by atoms with van der Waals surface area (Å²) in [5.41, 5.74) is 2.05. The van der Waals surface area contributed by atoms with Gasteiger partial charge in [-0.15, -0.1) is 0 Å². The van der Waals surface area contributed by atoms with Crippen molar-refractivity contribution in [2.24, 2.45) is 5.92 Å². The fourth-order valence-electron chi connectivity index (χ4n) is 4.49. The van der Waals surface area contributed by atoms with E-state index in [2.05, 4.69) is 9.88 Å². The Balaban J connectivity index is 1.37. The summed E-state index contributed by atoms with van der Waals surface area (Å²) in [6, 6.07) is 6.63. The van der Waals surface area contributed by atoms with Gasteiger partial charge < -0.3 is 14.2 Å². The Morgan fingerprint density at radius 2 is 2.08 bits per heavy atom. The molecule has 3 fully saturated rings. The molecular weight excluding hydrogens is 316 g/mol. The molecule has 0 unspecified atom stereocenters. The molecule has 0 aliphatic carbocycles. The van der Waals surface area contributed by atoms with Crippen LogP contribution in [0.4, 0.5) is 0 Å². The summed E-state index contributed by atoms with van der Waals surface area (Å²) in [6.45, 7) is 7.45. The topological polar surface area (TPSA) is 43.8 Å². The maximum absolute atomic E-state index is 6.28. The maximum Gasteiger partial charge on any atom is 0.100 e. The third-order valence-corrected chi connectivity index (χ3v) is 5.81. The number of hydrogen-bond acceptors (Lipinski definition) is 5. The van der Waals surface area contributed by atoms with Crippen molar-refractivity contribution < 1.29 is 14.2 Å². The fraction of sp³-hybridized carbons (Fsp3) is 0.750. The first-order valence-corrected chi connectivity index (χ1v) is 9.77. The van der Waals surface area contributed by atoms with Crippen LogP contribution in [0.5, 0.6) is 0 Å². The summed E-state index contributed by atoms with van der Waals surface area (Å²) < 4.78 is 17.9. The van der Waals surface area contributed by atoms with Crippen molar-refractivity contribution in [3.8, 4) is 0 Å². The third-order valence-electron chi connectivity index (χ3n) is 5.81. The summed E-state index contributed by atoms with van der Waals surface area (Å²) in [5, 5.41) is 0. The van der Waals surface area contributed by atoms with Crippen LogP contribution < -0.4 is 0 Å². The van der Waals surface area contributed by atoms with Crippen LogP contribution >= 0.6 is 0 Å². The first-order chi connectivity index (χ1) is 12.3. The van der Waals surface area contributed by atoms with Crippen LogP contribution in [0, 0.1) is 12.8 Å². The number of hydrogen-bond donors (Lipinski definition) is 0. The van der Waals surface area contributed by atoms with Crippen LogP contribution in [-0.4, -0.2) is 61.0 Å². The lowest BCUT2D eigenvalue weighted by Crippen LogP contribution is -2.43. The van der Waals surface area contributed by atoms with E-state index in [4.69, 9.17) is 14.2 Å². The molecule has 3 aliphatic heterocycles. The van der Waals surface area contributed by atoms with E-state index in [0.717, 1.165) is 56.6 Å². The first-order valence-electron chi connectivity index (χ1n) is 9.77. The van der Waals surface area contributed by atoms with Gasteiger partial charge >= 0.3 is 0 Å². The molecule has 0 aromatic carbocycles. The quantitative estimate of drug-likeness (QED) is 0.820. The molecule has 1 aromatic heterocycles. The molecule has 3 aliphatic rings. The summed E-state index contributed by atoms with van der Waals surface area (Å²) in [6.07, 6.45) is 5.15. The normalized spacial score (nSPS) is 31.2. The standard InChI is InChI=1S/C20H30N2O3/c1-15-4-2-5-17(21-15)14-25-19-13-22(12-16-7-10-23-11-8-16)18-6-3-9-24-20(18)19/h2,4-5,16,18-20H,3,6-14H2,1H3/t18-,19+,20+/m0/s1. The summed E-state index contributed by atoms with van der Waals surface area (Å²) >= 11 is 0. The zero-order valence-electron chi connectivity index (χ0n) is 15.2. The molecular formula is C20H30N2O3. The van der Waals surface area contributed by atoms with E-state index in [9.17, 15) is 0 Å². The highest BCUT2D eigenvalue weighted by atomic mass is 16.5. The van der Waals surface area contributed by atoms with Crippen molar-refractivity contribution in [3.63, 3.8) is 0 Å². The number of aromatic nitrogens is 1. The Morgan fingerprint density at radius 3 is 2.92 bits per heavy atom. The van der Waals surface area contributed by atoms with Crippen molar-refractivity contribution in [3.05, 3.63) is 29.6 Å². The van der Waals surface area contributed by atoms with Crippen molar-refractivity contribution in [1.82, 2.24) is 9.88 Å². The lowest BCUT2D eigenvalue weighted by Gasteiger charge is -2.34. The molecule has 0 amide bonds. The molecule has 5 heteroatoms. The molecule has 1 aromatic rings. The Morgan fingerprint density at radius 1 is 1.20 bits per heavy atom. The van der Waals surface area contributed by atoms with Crippen LogP contribution in [0.15, 0.2) is 18.2 Å². The van der Waals surface area contributed by atoms with Gasteiger partial charge in [-0.25, -0.2) is 0 Å². The lowest BCUT2D eigenvalue weighted by molar-refractivity contribution is -0.0827. The zero-order valence-corrected chi connectivity index (χ0v) is 15.2. The SMILES string of the molecule is Cc1cccc(CO[C@@H]2CN(CC3CCOCC3)[C@H]3CCCO[C@@H]23)n1. The van der Waals surface area contributed by atoms with Crippen LogP contribution in [0.3, 0.4) is 0 Å². The Bertz CT molecular complexity index is 562. The van der Waals surface area contributed by atoms with Crippen molar-refractivity contribution in [1.29, 1.82) is 0 Å². The highest BCUT2D eigenvalue weighted by molar-refractivity contribution is 5.09. The van der Waals surface area contributed by atoms with Gasteiger partial charge in [0.25, 0.3) is 0 Å². The van der Waals surface area contributed by atoms with Crippen LogP contribution in [-0.2, 0) is 20.8 Å². The predicted octanol–water partition coefficient (Wildman–Crippen LogP) is 2.57. The second-order valence-electron chi connectivity index (χ2n) is 7.67. The van der Waals surface area contributed by atoms with Gasteiger partial charge in [-0.2, -0.15) is 0 Å². The van der Waals surface area contributed by atoms with E-state index in [1.54, 1.807) is 0 Å². The number of fused-ring (bicyclic) bond motifs is 1. The third kappa shape index (κ3) is 4.22. The minimum Gasteiger partial charge on any atom is -0.381 e. The number of likely N-dealkylation sites (tertiary alicyclic amines) is 1. The minimum atomic E-state index is 0.160. The van der Waals surface area contributed by atoms with Gasteiger partial charge in [-0.3, -0.25) is 9.88 Å². The molecule has 3 atom stereocenters. The van der Waals surface area contributed by atoms with E-state index < -0.39 is 0 Å². The van der Waals surface area contributed by atoms with E-state index >= 15 is 0 Å². The number of pyridine rings is 1. The molecule has 4 rings (SSSR count). The predicted molar refractivity (Wildman–Crippen MR) is 95.4 cm³/mol. The van der Waals surface area contributed by atoms with Gasteiger partial charge in [0.05, 0.1) is 18.4 Å². The van der Waals surface area contributed by atoms with Crippen LogP contribution in [0.25, 0.3) is 0 Å². The van der Waals surface area contributed by atoms with Gasteiger partial charge in [-0.05, 0) is 50.7 Å². The number of nitrogens with zero attached hydrogens (tertiary/aromatic N) is 2. The van der Waals surface area contributed by atoms with Crippen LogP contribution in [0.1, 0.15) is 37.1 Å². The largest absolute Gasteiger partial charge is 0.381 e. The molecule has 5 nitrogen and oxygen atoms in total. The molecule has 0 saturated carbocycles. The van der Waals surface area contributed by atoms with E-state index in [1.165, 1.54) is 19.3 Å². The number of ether oxygens (including phenoxy) is 3. The average Bonchev–Trinajstić information content (AvgIpc) is 2.99. The first kappa shape index (κ1) is 17.4. The molecule has 25 heavy (non-hydrogen) atoms. The highest BCUT2D eigenvalue weighted by Crippen LogP contribution is 2.32. The van der Waals surface area contributed by atoms with E-state index in [-0.39, 0.29) is 12.2 Å². The van der Waals surface area contributed by atoms with Crippen molar-refractivity contribution >= 4 is 0 Å². The fourth-order valence-corrected chi connectivity index (χ4v) is 4.49. The maximum atomic E-state index is 6.28. The van der Waals surface area contributed by atoms with Crippen LogP contribution in [0.2, 0.25) is 0 Å². The van der Waals surface area contributed by atoms with Gasteiger partial charge in [0, 0.05) is 44.6 Å². The van der Waals surface area contributed by atoms with Gasteiger partial charge in [-0.1, -0.05) is 6.07 Å². The average molecular weight is 346 g/mol. The molecule has 138 valence electrons. The smallest absolute Gasteiger partial charge is 0.100 e. The zero-order chi connectivity index (χ0) is 17.1. The molecule has 0 N–H and O–H groups in total. The van der Waals surface area contributed by atoms with Gasteiger partial charge in [0.15, 0.2) is 0 Å². The monoisotopic (exact) mass is 346 g/mol. The number of aryl methyl sites for hydroxylation is 1. The lowest BCUT2D eigenvalue weighted by atomic mass is 9.97. The summed E-state index contributed by atoms with van der Waals surface area (Å²) in [5.74, 6) is 0.758. The molecule has 4 heterocycles. The van der Waals surface area contributed by atoms with Crippen molar-refractivity contribution in [2.75, 3.05) is 32.9 Å². The van der Waals surface area contributed by atoms with Gasteiger partial charge in [0.2, 0.25) is 0 Å². The van der Waals surface area contributed by atoms with Crippen molar-refractivity contribution in [2.45, 2.75) is 57.5 Å². The molecule has 0 bridgehead atoms. The Kier molecular flexibility index (Phi) is 5.66. The summed E-state index contributed by atoms with van der Waals surface area (Å²) in [7, 11) is 0. The van der Waals surface area contributed by atoms with Gasteiger partial charge in [0.1, 0.15) is 6.10 Å². The van der Waals surface area contributed by atoms with E-state index in [0.29, 0.717) is 12.6 Å². The number of rotatable bonds is 5. The molecule has 3 saturated heterocycles. The highest BCUT2D eigenvalue weighted by Gasteiger charge is 2.45. The molecule has 0 spiro atoms. The second-order valence-corrected chi connectivity index (χ2v) is 7.67. The minimum absolute atomic E-state index is 0.160. The van der Waals surface area contributed by atoms with E-state index in [1.807, 2.05) is 25.1 Å². The molecule has 0 radical (unpaired) electrons.